The maximum atomic E-state index is 12.6. The van der Waals surface area contributed by atoms with Gasteiger partial charge in [0.05, 0.1) is 17.3 Å². The molecule has 6 nitrogen and oxygen atoms in total. The maximum Gasteiger partial charge on any atom is 0.340 e. The second kappa shape index (κ2) is 6.78. The molecule has 0 spiro atoms. The summed E-state index contributed by atoms with van der Waals surface area (Å²) in [4.78, 5) is 25.5. The van der Waals surface area contributed by atoms with Crippen molar-refractivity contribution in [2.24, 2.45) is 5.73 Å². The van der Waals surface area contributed by atoms with E-state index in [1.807, 2.05) is 54.2 Å². The second-order valence-electron chi connectivity index (χ2n) is 6.04. The smallest absolute Gasteiger partial charge is 0.340 e. The monoisotopic (exact) mass is 327 g/mol. The molecule has 24 heavy (non-hydrogen) atoms. The molecule has 0 bridgehead atoms. The van der Waals surface area contributed by atoms with Crippen molar-refractivity contribution in [3.05, 3.63) is 53.9 Å². The van der Waals surface area contributed by atoms with E-state index in [1.54, 1.807) is 4.90 Å². The highest BCUT2D eigenvalue weighted by Crippen LogP contribution is 2.20. The molecule has 1 fully saturated rings. The number of primary amides is 1. The van der Waals surface area contributed by atoms with Crippen LogP contribution in [0.2, 0.25) is 0 Å². The Kier molecular flexibility index (Phi) is 4.55. The number of urea groups is 1. The Morgan fingerprint density at radius 1 is 1.29 bits per heavy atom. The summed E-state index contributed by atoms with van der Waals surface area (Å²) in [6, 6.07) is 8.88. The van der Waals surface area contributed by atoms with Crippen molar-refractivity contribution >= 4 is 12.0 Å². The van der Waals surface area contributed by atoms with Crippen molar-refractivity contribution in [3.8, 4) is 5.69 Å². The first kappa shape index (κ1) is 16.1. The van der Waals surface area contributed by atoms with Gasteiger partial charge >= 0.3 is 12.0 Å². The highest BCUT2D eigenvalue weighted by atomic mass is 16.5. The summed E-state index contributed by atoms with van der Waals surface area (Å²) < 4.78 is 7.36. The molecule has 1 saturated heterocycles. The number of hydrogen-bond donors (Lipinski definition) is 1. The lowest BCUT2D eigenvalue weighted by molar-refractivity contribution is 0.0422. The molecule has 1 atom stereocenters. The number of aryl methyl sites for hydroxylation is 1. The first-order chi connectivity index (χ1) is 11.6. The lowest BCUT2D eigenvalue weighted by Crippen LogP contribution is -2.42. The van der Waals surface area contributed by atoms with Crippen molar-refractivity contribution in [3.63, 3.8) is 0 Å². The normalized spacial score (nSPS) is 17.0. The van der Waals surface area contributed by atoms with E-state index in [0.29, 0.717) is 12.1 Å². The number of esters is 1. The van der Waals surface area contributed by atoms with Gasteiger partial charge < -0.3 is 19.9 Å². The summed E-state index contributed by atoms with van der Waals surface area (Å²) >= 11 is 0. The highest BCUT2D eigenvalue weighted by molar-refractivity contribution is 5.93. The van der Waals surface area contributed by atoms with Crippen molar-refractivity contribution in [1.29, 1.82) is 0 Å². The third kappa shape index (κ3) is 3.27. The number of likely N-dealkylation sites (tertiary alicyclic amines) is 1. The number of carbonyl (C=O) groups excluding carboxylic acids is 2. The van der Waals surface area contributed by atoms with Gasteiger partial charge in [0.1, 0.15) is 6.61 Å². The third-order valence-electron chi connectivity index (χ3n) is 4.32. The fourth-order valence-electron chi connectivity index (χ4n) is 3.08. The molecule has 1 aromatic heterocycles. The van der Waals surface area contributed by atoms with Gasteiger partial charge in [0.15, 0.2) is 0 Å². The molecule has 126 valence electrons. The quantitative estimate of drug-likeness (QED) is 0.876. The molecule has 6 heteroatoms. The zero-order chi connectivity index (χ0) is 17.1. The molecule has 1 aromatic carbocycles. The summed E-state index contributed by atoms with van der Waals surface area (Å²) in [6.07, 6.45) is 5.44. The summed E-state index contributed by atoms with van der Waals surface area (Å²) in [6.45, 7) is 2.72. The minimum absolute atomic E-state index is 0.133. The fourth-order valence-corrected chi connectivity index (χ4v) is 3.08. The van der Waals surface area contributed by atoms with Crippen LogP contribution in [-0.2, 0) is 4.74 Å². The lowest BCUT2D eigenvalue weighted by atomic mass is 10.1. The average molecular weight is 327 g/mol. The molecular formula is C18H21N3O3. The molecule has 1 aliphatic heterocycles. The Bertz CT molecular complexity index is 740. The number of carbonyl (C=O) groups is 2. The van der Waals surface area contributed by atoms with Crippen LogP contribution in [-0.4, -0.2) is 40.7 Å². The minimum atomic E-state index is -0.461. The number of ether oxygens (including phenoxy) is 1. The van der Waals surface area contributed by atoms with E-state index in [4.69, 9.17) is 10.5 Å². The first-order valence-electron chi connectivity index (χ1n) is 8.03. The number of rotatable bonds is 4. The molecule has 2 aromatic rings. The number of nitrogens with zero attached hydrogens (tertiary/aromatic N) is 2. The Morgan fingerprint density at radius 2 is 2.04 bits per heavy atom. The molecular weight excluding hydrogens is 306 g/mol. The number of hydrogen-bond acceptors (Lipinski definition) is 3. The molecule has 3 rings (SSSR count). The zero-order valence-electron chi connectivity index (χ0n) is 13.6. The topological polar surface area (TPSA) is 77.6 Å². The van der Waals surface area contributed by atoms with Gasteiger partial charge in [-0.15, -0.1) is 0 Å². The summed E-state index contributed by atoms with van der Waals surface area (Å²) in [5.41, 5.74) is 7.62. The van der Waals surface area contributed by atoms with Crippen LogP contribution in [0.4, 0.5) is 4.79 Å². The Labute approximate surface area is 140 Å². The molecule has 2 N–H and O–H groups in total. The van der Waals surface area contributed by atoms with Crippen LogP contribution in [0.15, 0.2) is 42.7 Å². The van der Waals surface area contributed by atoms with E-state index < -0.39 is 12.0 Å². The molecule has 0 radical (unpaired) electrons. The number of amides is 2. The van der Waals surface area contributed by atoms with Gasteiger partial charge in [0.2, 0.25) is 0 Å². The predicted molar refractivity (Wildman–Crippen MR) is 90.1 cm³/mol. The fraction of sp³-hybridized carbons (Fsp3) is 0.333. The van der Waals surface area contributed by atoms with Crippen LogP contribution in [0.5, 0.6) is 0 Å². The second-order valence-corrected chi connectivity index (χ2v) is 6.04. The Morgan fingerprint density at radius 3 is 2.75 bits per heavy atom. The summed E-state index contributed by atoms with van der Waals surface area (Å²) in [5, 5.41) is 0. The van der Waals surface area contributed by atoms with Gasteiger partial charge in [-0.3, -0.25) is 0 Å². The molecule has 0 aliphatic carbocycles. The highest BCUT2D eigenvalue weighted by Gasteiger charge is 2.28. The van der Waals surface area contributed by atoms with Gasteiger partial charge in [-0.1, -0.05) is 11.6 Å². The largest absolute Gasteiger partial charge is 0.460 e. The van der Waals surface area contributed by atoms with Crippen LogP contribution in [0.3, 0.4) is 0 Å². The molecule has 2 heterocycles. The summed E-state index contributed by atoms with van der Waals surface area (Å²) in [5.74, 6) is -0.390. The van der Waals surface area contributed by atoms with Gasteiger partial charge in [-0.25, -0.2) is 9.59 Å². The predicted octanol–water partition coefficient (Wildman–Crippen LogP) is 2.49. The zero-order valence-corrected chi connectivity index (χ0v) is 13.6. The van der Waals surface area contributed by atoms with Gasteiger partial charge in [-0.05, 0) is 44.0 Å². The van der Waals surface area contributed by atoms with Crippen LogP contribution in [0.25, 0.3) is 5.69 Å². The molecule has 1 unspecified atom stereocenters. The third-order valence-corrected chi connectivity index (χ3v) is 4.32. The lowest BCUT2D eigenvalue weighted by Gasteiger charge is -2.22. The molecule has 1 aliphatic rings. The van der Waals surface area contributed by atoms with Gasteiger partial charge in [-0.2, -0.15) is 0 Å². The minimum Gasteiger partial charge on any atom is -0.460 e. The average Bonchev–Trinajstić information content (AvgIpc) is 3.23. The van der Waals surface area contributed by atoms with Crippen molar-refractivity contribution in [2.75, 3.05) is 13.2 Å². The number of aromatic nitrogens is 1. The molecule has 0 saturated carbocycles. The van der Waals surface area contributed by atoms with Crippen molar-refractivity contribution in [1.82, 2.24) is 9.47 Å². The van der Waals surface area contributed by atoms with Crippen LogP contribution in [0.1, 0.15) is 28.8 Å². The van der Waals surface area contributed by atoms with E-state index in [-0.39, 0.29) is 12.6 Å². The first-order valence-corrected chi connectivity index (χ1v) is 8.03. The summed E-state index contributed by atoms with van der Waals surface area (Å²) in [7, 11) is 0. The van der Waals surface area contributed by atoms with E-state index in [2.05, 4.69) is 0 Å². The van der Waals surface area contributed by atoms with Crippen molar-refractivity contribution < 1.29 is 14.3 Å². The molecule has 2 amide bonds. The standard InChI is InChI=1S/C18H21N3O3/c1-13-6-7-16(20-8-2-3-9-20)15(11-13)17(22)24-12-14-5-4-10-21(14)18(19)23/h2-3,6-9,11,14H,4-5,10,12H2,1H3,(H2,19,23). The van der Waals surface area contributed by atoms with E-state index in [9.17, 15) is 9.59 Å². The SMILES string of the molecule is Cc1ccc(-n2cccc2)c(C(=O)OCC2CCCN2C(N)=O)c1. The van der Waals surface area contributed by atoms with Gasteiger partial charge in [0, 0.05) is 18.9 Å². The van der Waals surface area contributed by atoms with Crippen LogP contribution >= 0.6 is 0 Å². The van der Waals surface area contributed by atoms with E-state index in [0.717, 1.165) is 24.1 Å². The van der Waals surface area contributed by atoms with Gasteiger partial charge in [0.25, 0.3) is 0 Å². The number of benzene rings is 1. The Balaban J connectivity index is 1.76. The van der Waals surface area contributed by atoms with Crippen LogP contribution < -0.4 is 5.73 Å². The Hall–Kier alpha value is -2.76. The van der Waals surface area contributed by atoms with Crippen molar-refractivity contribution in [2.45, 2.75) is 25.8 Å². The van der Waals surface area contributed by atoms with E-state index >= 15 is 0 Å². The van der Waals surface area contributed by atoms with E-state index in [1.165, 1.54) is 0 Å². The van der Waals surface area contributed by atoms with Crippen LogP contribution in [0, 0.1) is 6.92 Å². The number of nitrogens with two attached hydrogens (primary N) is 1. The maximum absolute atomic E-state index is 12.6.